The van der Waals surface area contributed by atoms with Crippen LogP contribution in [0.15, 0.2) is 30.5 Å². The van der Waals surface area contributed by atoms with Gasteiger partial charge in [0, 0.05) is 35.4 Å². The summed E-state index contributed by atoms with van der Waals surface area (Å²) in [7, 11) is -3.05. The molecule has 1 heterocycles. The van der Waals surface area contributed by atoms with Crippen molar-refractivity contribution in [3.63, 3.8) is 0 Å². The Bertz CT molecular complexity index is 769. The average Bonchev–Trinajstić information content (AvgIpc) is 3.13. The number of aliphatic hydroxyl groups is 1. The van der Waals surface area contributed by atoms with Crippen LogP contribution < -0.4 is 5.32 Å². The number of benzene rings is 1. The molecule has 1 aromatic heterocycles. The second kappa shape index (κ2) is 6.63. The van der Waals surface area contributed by atoms with E-state index in [2.05, 4.69) is 16.4 Å². The van der Waals surface area contributed by atoms with Crippen molar-refractivity contribution in [1.29, 1.82) is 0 Å². The molecule has 0 unspecified atom stereocenters. The molecule has 1 aliphatic rings. The molecule has 2 aromatic rings. The van der Waals surface area contributed by atoms with E-state index in [4.69, 9.17) is 0 Å². The van der Waals surface area contributed by atoms with Crippen molar-refractivity contribution in [3.8, 4) is 0 Å². The van der Waals surface area contributed by atoms with Crippen LogP contribution in [0.25, 0.3) is 10.9 Å². The van der Waals surface area contributed by atoms with Crippen molar-refractivity contribution in [3.05, 3.63) is 36.0 Å². The fourth-order valence-corrected chi connectivity index (χ4v) is 5.08. The van der Waals surface area contributed by atoms with Crippen molar-refractivity contribution in [1.82, 2.24) is 10.3 Å². The van der Waals surface area contributed by atoms with Gasteiger partial charge >= 0.3 is 0 Å². The van der Waals surface area contributed by atoms with Crippen LogP contribution in [0.1, 0.15) is 24.8 Å². The number of nitrogens with one attached hydrogen (secondary N) is 2. The Hall–Kier alpha value is -1.37. The molecule has 0 radical (unpaired) electrons. The molecule has 1 fully saturated rings. The summed E-state index contributed by atoms with van der Waals surface area (Å²) in [6.07, 6.45) is 6.43. The number of rotatable bonds is 6. The highest BCUT2D eigenvalue weighted by Crippen LogP contribution is 2.26. The number of fused-ring (bicyclic) bond motifs is 1. The summed E-state index contributed by atoms with van der Waals surface area (Å²) < 4.78 is 23.8. The Morgan fingerprint density at radius 1 is 1.35 bits per heavy atom. The molecular formula is C17H24N2O3S. The second-order valence-electron chi connectivity index (χ2n) is 6.52. The van der Waals surface area contributed by atoms with Gasteiger partial charge < -0.3 is 15.4 Å². The summed E-state index contributed by atoms with van der Waals surface area (Å²) in [5, 5.41) is 13.9. The molecular weight excluding hydrogens is 312 g/mol. The first-order valence-electron chi connectivity index (χ1n) is 8.10. The molecule has 3 N–H and O–H groups in total. The van der Waals surface area contributed by atoms with Gasteiger partial charge in [-0.25, -0.2) is 8.42 Å². The minimum absolute atomic E-state index is 0.00745. The molecule has 1 aliphatic carbocycles. The molecule has 3 atom stereocenters. The molecule has 5 nitrogen and oxygen atoms in total. The van der Waals surface area contributed by atoms with Gasteiger partial charge in [0.15, 0.2) is 9.84 Å². The van der Waals surface area contributed by atoms with Crippen molar-refractivity contribution < 1.29 is 13.5 Å². The third kappa shape index (κ3) is 3.59. The van der Waals surface area contributed by atoms with Gasteiger partial charge in [-0.05, 0) is 30.9 Å². The maximum absolute atomic E-state index is 11.9. The Labute approximate surface area is 137 Å². The van der Waals surface area contributed by atoms with Gasteiger partial charge in [0.1, 0.15) is 0 Å². The summed E-state index contributed by atoms with van der Waals surface area (Å²) in [5.41, 5.74) is 2.22. The molecule has 23 heavy (non-hydrogen) atoms. The zero-order chi connectivity index (χ0) is 16.4. The normalized spacial score (nSPS) is 23.4. The lowest BCUT2D eigenvalue weighted by molar-refractivity contribution is 0.230. The van der Waals surface area contributed by atoms with Gasteiger partial charge in [-0.15, -0.1) is 0 Å². The highest BCUT2D eigenvalue weighted by Gasteiger charge is 2.35. The Balaban J connectivity index is 1.73. The molecule has 0 saturated heterocycles. The van der Waals surface area contributed by atoms with E-state index in [1.54, 1.807) is 0 Å². The average molecular weight is 336 g/mol. The van der Waals surface area contributed by atoms with Crippen LogP contribution in [-0.2, 0) is 16.3 Å². The third-order valence-corrected chi connectivity index (χ3v) is 6.48. The molecule has 1 aromatic carbocycles. The highest BCUT2D eigenvalue weighted by atomic mass is 32.2. The second-order valence-corrected chi connectivity index (χ2v) is 8.78. The number of sulfone groups is 1. The largest absolute Gasteiger partial charge is 0.395 e. The van der Waals surface area contributed by atoms with E-state index in [-0.39, 0.29) is 23.9 Å². The molecule has 0 bridgehead atoms. The maximum Gasteiger partial charge on any atom is 0.151 e. The standard InChI is InChI=1S/C17H24N2O3S/c1-23(21,22)17-8-4-7-16(17)19-13(11-20)9-12-10-18-15-6-3-2-5-14(12)15/h2-3,5-6,10,13,16-20H,4,7-9,11H2,1H3/t13-,16-,17+/m0/s1. The fraction of sp³-hybridized carbons (Fsp3) is 0.529. The van der Waals surface area contributed by atoms with E-state index in [0.717, 1.165) is 29.3 Å². The number of para-hydroxylation sites is 1. The SMILES string of the molecule is CS(=O)(=O)[C@@H]1CCC[C@@H]1N[C@H](CO)Cc1c[nH]c2ccccc12. The zero-order valence-corrected chi connectivity index (χ0v) is 14.1. The fourth-order valence-electron chi connectivity index (χ4n) is 3.67. The predicted octanol–water partition coefficient (Wildman–Crippen LogP) is 1.63. The Kier molecular flexibility index (Phi) is 4.75. The van der Waals surface area contributed by atoms with Crippen LogP contribution in [0.3, 0.4) is 0 Å². The first kappa shape index (κ1) is 16.5. The van der Waals surface area contributed by atoms with E-state index < -0.39 is 9.84 Å². The number of hydrogen-bond donors (Lipinski definition) is 3. The third-order valence-electron chi connectivity index (χ3n) is 4.81. The van der Waals surface area contributed by atoms with Crippen LogP contribution in [0.5, 0.6) is 0 Å². The molecule has 6 heteroatoms. The lowest BCUT2D eigenvalue weighted by Crippen LogP contribution is -2.47. The summed E-state index contributed by atoms with van der Waals surface area (Å²) in [4.78, 5) is 3.24. The van der Waals surface area contributed by atoms with E-state index in [9.17, 15) is 13.5 Å². The smallest absolute Gasteiger partial charge is 0.151 e. The van der Waals surface area contributed by atoms with Crippen LogP contribution >= 0.6 is 0 Å². The summed E-state index contributed by atoms with van der Waals surface area (Å²) in [6, 6.07) is 7.87. The van der Waals surface area contributed by atoms with Crippen molar-refractivity contribution in [2.75, 3.05) is 12.9 Å². The minimum atomic E-state index is -3.05. The van der Waals surface area contributed by atoms with Crippen LogP contribution in [0.2, 0.25) is 0 Å². The Morgan fingerprint density at radius 2 is 2.13 bits per heavy atom. The van der Waals surface area contributed by atoms with Gasteiger partial charge in [-0.2, -0.15) is 0 Å². The summed E-state index contributed by atoms with van der Waals surface area (Å²) >= 11 is 0. The van der Waals surface area contributed by atoms with Crippen molar-refractivity contribution in [2.24, 2.45) is 0 Å². The molecule has 3 rings (SSSR count). The maximum atomic E-state index is 11.9. The lowest BCUT2D eigenvalue weighted by Gasteiger charge is -2.25. The van der Waals surface area contributed by atoms with E-state index in [0.29, 0.717) is 12.8 Å². The van der Waals surface area contributed by atoms with Gasteiger partial charge in [-0.1, -0.05) is 24.6 Å². The first-order valence-corrected chi connectivity index (χ1v) is 10.1. The first-order chi connectivity index (χ1) is 11.0. The molecule has 0 aliphatic heterocycles. The zero-order valence-electron chi connectivity index (χ0n) is 13.3. The van der Waals surface area contributed by atoms with Gasteiger partial charge in [0.05, 0.1) is 11.9 Å². The molecule has 126 valence electrons. The van der Waals surface area contributed by atoms with Crippen LogP contribution in [-0.4, -0.2) is 48.7 Å². The highest BCUT2D eigenvalue weighted by molar-refractivity contribution is 7.91. The molecule has 0 spiro atoms. The van der Waals surface area contributed by atoms with E-state index in [1.807, 2.05) is 24.4 Å². The van der Waals surface area contributed by atoms with Crippen molar-refractivity contribution in [2.45, 2.75) is 43.0 Å². The summed E-state index contributed by atoms with van der Waals surface area (Å²) in [6.45, 7) is -0.00745. The monoisotopic (exact) mass is 336 g/mol. The minimum Gasteiger partial charge on any atom is -0.395 e. The number of hydrogen-bond acceptors (Lipinski definition) is 4. The lowest BCUT2D eigenvalue weighted by atomic mass is 10.0. The van der Waals surface area contributed by atoms with Gasteiger partial charge in [0.2, 0.25) is 0 Å². The van der Waals surface area contributed by atoms with Gasteiger partial charge in [-0.3, -0.25) is 0 Å². The number of H-pyrrole nitrogens is 1. The van der Waals surface area contributed by atoms with Crippen LogP contribution in [0, 0.1) is 0 Å². The number of aliphatic hydroxyl groups excluding tert-OH is 1. The number of aromatic nitrogens is 1. The Morgan fingerprint density at radius 3 is 2.87 bits per heavy atom. The van der Waals surface area contributed by atoms with Crippen molar-refractivity contribution >= 4 is 20.7 Å². The van der Waals surface area contributed by atoms with E-state index in [1.165, 1.54) is 6.26 Å². The quantitative estimate of drug-likeness (QED) is 0.749. The number of aromatic amines is 1. The summed E-state index contributed by atoms with van der Waals surface area (Å²) in [5.74, 6) is 0. The molecule has 1 saturated carbocycles. The van der Waals surface area contributed by atoms with Crippen LogP contribution in [0.4, 0.5) is 0 Å². The molecule has 0 amide bonds. The van der Waals surface area contributed by atoms with E-state index >= 15 is 0 Å². The predicted molar refractivity (Wildman–Crippen MR) is 92.3 cm³/mol. The topological polar surface area (TPSA) is 82.2 Å². The van der Waals surface area contributed by atoms with Gasteiger partial charge in [0.25, 0.3) is 0 Å².